The average molecular weight is 314 g/mol. The van der Waals surface area contributed by atoms with E-state index in [4.69, 9.17) is 0 Å². The molecule has 0 fully saturated rings. The van der Waals surface area contributed by atoms with Crippen LogP contribution in [0.15, 0.2) is 34.9 Å². The third-order valence-electron chi connectivity index (χ3n) is 2.62. The van der Waals surface area contributed by atoms with Gasteiger partial charge in [0.05, 0.1) is 11.3 Å². The third kappa shape index (κ3) is 2.42. The Morgan fingerprint density at radius 3 is 2.56 bits per heavy atom. The first-order chi connectivity index (χ1) is 8.50. The van der Waals surface area contributed by atoms with Gasteiger partial charge in [-0.05, 0) is 46.6 Å². The molecule has 1 atom stereocenters. The van der Waals surface area contributed by atoms with Crippen LogP contribution in [0.25, 0.3) is 0 Å². The highest BCUT2D eigenvalue weighted by Crippen LogP contribution is 2.27. The monoisotopic (exact) mass is 313 g/mol. The van der Waals surface area contributed by atoms with E-state index in [0.29, 0.717) is 0 Å². The minimum Gasteiger partial charge on any atom is -0.382 e. The van der Waals surface area contributed by atoms with Gasteiger partial charge in [-0.3, -0.25) is 4.98 Å². The van der Waals surface area contributed by atoms with Crippen LogP contribution in [0.3, 0.4) is 0 Å². The molecule has 1 N–H and O–H groups in total. The molecule has 1 aromatic carbocycles. The number of hydrogen-bond donors (Lipinski definition) is 1. The minimum atomic E-state index is -1.42. The van der Waals surface area contributed by atoms with Gasteiger partial charge in [-0.15, -0.1) is 0 Å². The van der Waals surface area contributed by atoms with Gasteiger partial charge in [-0.1, -0.05) is 6.07 Å². The number of aromatic nitrogens is 1. The van der Waals surface area contributed by atoms with E-state index in [9.17, 15) is 13.9 Å². The van der Waals surface area contributed by atoms with Crippen molar-refractivity contribution in [1.29, 1.82) is 0 Å². The number of nitrogens with zero attached hydrogens (tertiary/aromatic N) is 1. The highest BCUT2D eigenvalue weighted by atomic mass is 79.9. The molecule has 0 saturated heterocycles. The summed E-state index contributed by atoms with van der Waals surface area (Å²) in [5.74, 6) is -1.53. The molecule has 94 valence electrons. The van der Waals surface area contributed by atoms with Gasteiger partial charge in [0.1, 0.15) is 17.7 Å². The van der Waals surface area contributed by atoms with Gasteiger partial charge >= 0.3 is 0 Å². The molecule has 0 spiro atoms. The summed E-state index contributed by atoms with van der Waals surface area (Å²) in [6.45, 7) is 1.51. The molecule has 0 aliphatic heterocycles. The van der Waals surface area contributed by atoms with E-state index in [1.165, 1.54) is 25.3 Å². The lowest BCUT2D eigenvalue weighted by Gasteiger charge is -2.13. The summed E-state index contributed by atoms with van der Waals surface area (Å²) in [7, 11) is 0. The number of aliphatic hydroxyl groups is 1. The molecule has 1 unspecified atom stereocenters. The average Bonchev–Trinajstić information content (AvgIpc) is 2.35. The lowest BCUT2D eigenvalue weighted by molar-refractivity contribution is 0.204. The van der Waals surface area contributed by atoms with Gasteiger partial charge in [-0.2, -0.15) is 0 Å². The Morgan fingerprint density at radius 2 is 1.94 bits per heavy atom. The zero-order valence-electron chi connectivity index (χ0n) is 9.49. The van der Waals surface area contributed by atoms with Crippen LogP contribution < -0.4 is 0 Å². The first-order valence-electron chi connectivity index (χ1n) is 5.24. The molecule has 1 heterocycles. The van der Waals surface area contributed by atoms with Crippen molar-refractivity contribution in [1.82, 2.24) is 4.98 Å². The molecule has 1 aromatic heterocycles. The first kappa shape index (κ1) is 13.1. The van der Waals surface area contributed by atoms with Crippen LogP contribution in [0, 0.1) is 18.6 Å². The van der Waals surface area contributed by atoms with E-state index >= 15 is 0 Å². The number of benzene rings is 1. The van der Waals surface area contributed by atoms with Crippen LogP contribution in [0.2, 0.25) is 0 Å². The van der Waals surface area contributed by atoms with E-state index in [-0.39, 0.29) is 16.8 Å². The molecule has 0 aliphatic carbocycles. The Hall–Kier alpha value is -1.33. The van der Waals surface area contributed by atoms with Crippen molar-refractivity contribution in [3.63, 3.8) is 0 Å². The summed E-state index contributed by atoms with van der Waals surface area (Å²) in [5, 5.41) is 10.0. The van der Waals surface area contributed by atoms with Crippen LogP contribution in [0.4, 0.5) is 8.78 Å². The van der Waals surface area contributed by atoms with Crippen molar-refractivity contribution in [2.24, 2.45) is 0 Å². The molecule has 18 heavy (non-hydrogen) atoms. The number of halogens is 3. The normalized spacial score (nSPS) is 12.5. The second-order valence-corrected chi connectivity index (χ2v) is 4.81. The molecule has 0 bridgehead atoms. The van der Waals surface area contributed by atoms with Gasteiger partial charge < -0.3 is 5.11 Å². The van der Waals surface area contributed by atoms with E-state index in [1.54, 1.807) is 6.07 Å². The van der Waals surface area contributed by atoms with Gasteiger partial charge in [0.25, 0.3) is 0 Å². The maximum Gasteiger partial charge on any atom is 0.135 e. The second-order valence-electron chi connectivity index (χ2n) is 3.90. The van der Waals surface area contributed by atoms with Gasteiger partial charge in [0, 0.05) is 10.7 Å². The summed E-state index contributed by atoms with van der Waals surface area (Å²) < 4.78 is 28.2. The van der Waals surface area contributed by atoms with Crippen molar-refractivity contribution in [3.05, 3.63) is 63.4 Å². The quantitative estimate of drug-likeness (QED) is 0.920. The summed E-state index contributed by atoms with van der Waals surface area (Å²) in [5.41, 5.74) is 0.106. The van der Waals surface area contributed by atoms with Crippen LogP contribution in [0.1, 0.15) is 22.9 Å². The van der Waals surface area contributed by atoms with Crippen LogP contribution in [-0.4, -0.2) is 10.1 Å². The van der Waals surface area contributed by atoms with Crippen molar-refractivity contribution >= 4 is 15.9 Å². The molecule has 5 heteroatoms. The predicted molar refractivity (Wildman–Crippen MR) is 67.1 cm³/mol. The first-order valence-corrected chi connectivity index (χ1v) is 6.04. The Kier molecular flexibility index (Phi) is 3.73. The standard InChI is InChI=1S/C13H10BrF2NO/c1-7-2-4-9(15)11(12(7)16)13(18)10-5-3-8(14)6-17-10/h2-6,13,18H,1H3. The zero-order valence-corrected chi connectivity index (χ0v) is 11.1. The summed E-state index contributed by atoms with van der Waals surface area (Å²) in [6.07, 6.45) is 0.0439. The fourth-order valence-electron chi connectivity index (χ4n) is 1.63. The fourth-order valence-corrected chi connectivity index (χ4v) is 1.86. The Bertz CT molecular complexity index is 572. The Balaban J connectivity index is 2.49. The van der Waals surface area contributed by atoms with Gasteiger partial charge in [0.15, 0.2) is 0 Å². The number of pyridine rings is 1. The second kappa shape index (κ2) is 5.12. The van der Waals surface area contributed by atoms with Crippen molar-refractivity contribution < 1.29 is 13.9 Å². The number of hydrogen-bond acceptors (Lipinski definition) is 2. The number of rotatable bonds is 2. The lowest BCUT2D eigenvalue weighted by Crippen LogP contribution is -2.08. The smallest absolute Gasteiger partial charge is 0.135 e. The summed E-state index contributed by atoms with van der Waals surface area (Å²) >= 11 is 3.20. The lowest BCUT2D eigenvalue weighted by atomic mass is 10.0. The van der Waals surface area contributed by atoms with Gasteiger partial charge in [0.2, 0.25) is 0 Å². The van der Waals surface area contributed by atoms with Crippen molar-refractivity contribution in [3.8, 4) is 0 Å². The predicted octanol–water partition coefficient (Wildman–Crippen LogP) is 3.51. The molecule has 0 radical (unpaired) electrons. The summed E-state index contributed by atoms with van der Waals surface area (Å²) in [6, 6.07) is 5.62. The van der Waals surface area contributed by atoms with Crippen LogP contribution >= 0.6 is 15.9 Å². The Labute approximate surface area is 111 Å². The van der Waals surface area contributed by atoms with Crippen LogP contribution in [-0.2, 0) is 0 Å². The Morgan fingerprint density at radius 1 is 1.22 bits per heavy atom. The molecule has 0 amide bonds. The number of aliphatic hydroxyl groups excluding tert-OH is 1. The molecule has 2 rings (SSSR count). The molecular weight excluding hydrogens is 304 g/mol. The van der Waals surface area contributed by atoms with Crippen molar-refractivity contribution in [2.75, 3.05) is 0 Å². The fraction of sp³-hybridized carbons (Fsp3) is 0.154. The van der Waals surface area contributed by atoms with Crippen LogP contribution in [0.5, 0.6) is 0 Å². The number of aryl methyl sites for hydroxylation is 1. The topological polar surface area (TPSA) is 33.1 Å². The van der Waals surface area contributed by atoms with E-state index in [0.717, 1.165) is 10.5 Å². The van der Waals surface area contributed by atoms with E-state index in [1.807, 2.05) is 0 Å². The minimum absolute atomic E-state index is 0.196. The largest absolute Gasteiger partial charge is 0.382 e. The van der Waals surface area contributed by atoms with E-state index in [2.05, 4.69) is 20.9 Å². The maximum absolute atomic E-state index is 13.8. The highest BCUT2D eigenvalue weighted by Gasteiger charge is 2.21. The molecule has 0 saturated carbocycles. The maximum atomic E-state index is 13.8. The third-order valence-corrected chi connectivity index (χ3v) is 3.09. The summed E-state index contributed by atoms with van der Waals surface area (Å²) in [4.78, 5) is 3.94. The molecular formula is C13H10BrF2NO. The SMILES string of the molecule is Cc1ccc(F)c(C(O)c2ccc(Br)cn2)c1F. The van der Waals surface area contributed by atoms with E-state index < -0.39 is 17.7 Å². The molecule has 2 nitrogen and oxygen atoms in total. The van der Waals surface area contributed by atoms with Crippen molar-refractivity contribution in [2.45, 2.75) is 13.0 Å². The zero-order chi connectivity index (χ0) is 13.3. The van der Waals surface area contributed by atoms with Gasteiger partial charge in [-0.25, -0.2) is 8.78 Å². The highest BCUT2D eigenvalue weighted by molar-refractivity contribution is 9.10. The molecule has 0 aliphatic rings. The molecule has 2 aromatic rings.